The molecular weight excluding hydrogens is 441 g/mol. The lowest BCUT2D eigenvalue weighted by Crippen LogP contribution is -2.30. The number of hydrogen-bond acceptors (Lipinski definition) is 5. The Bertz CT molecular complexity index is 1310. The van der Waals surface area contributed by atoms with Crippen molar-refractivity contribution in [1.82, 2.24) is 19.9 Å². The fraction of sp³-hybridized carbons (Fsp3) is 0.250. The molecule has 0 unspecified atom stereocenters. The monoisotopic (exact) mass is 471 g/mol. The van der Waals surface area contributed by atoms with Gasteiger partial charge >= 0.3 is 0 Å². The molecule has 0 fully saturated rings. The summed E-state index contributed by atoms with van der Waals surface area (Å²) in [6, 6.07) is 20.4. The van der Waals surface area contributed by atoms with Crippen molar-refractivity contribution < 1.29 is 4.39 Å². The summed E-state index contributed by atoms with van der Waals surface area (Å²) in [7, 11) is 1.70. The molecule has 0 amide bonds. The standard InChI is InChI=1S/C28H30FN5O/c1-19(2)32-24(20-7-5-4-6-8-20)15-18-31-28-33-26(22-13-16-30-17-14-22)25(27(35)34(28)3)21-9-11-23(29)12-10-21/h4-14,16-17,19,24,32H,15,18H2,1-3H3,(H,31,33)/t24-/m1/s1. The average Bonchev–Trinajstić information content (AvgIpc) is 2.87. The molecule has 2 aromatic heterocycles. The molecule has 2 aromatic carbocycles. The zero-order valence-electron chi connectivity index (χ0n) is 20.2. The Labute approximate surface area is 204 Å². The molecule has 0 bridgehead atoms. The summed E-state index contributed by atoms with van der Waals surface area (Å²) in [5.74, 6) is 0.120. The van der Waals surface area contributed by atoms with E-state index in [2.05, 4.69) is 41.6 Å². The van der Waals surface area contributed by atoms with Gasteiger partial charge in [-0.25, -0.2) is 9.37 Å². The molecule has 2 N–H and O–H groups in total. The SMILES string of the molecule is CC(C)N[C@H](CCNc1nc(-c2ccncc2)c(-c2ccc(F)cc2)c(=O)n1C)c1ccccc1. The molecule has 1 atom stereocenters. The fourth-order valence-corrected chi connectivity index (χ4v) is 4.12. The van der Waals surface area contributed by atoms with Crippen molar-refractivity contribution in [2.45, 2.75) is 32.4 Å². The maximum atomic E-state index is 13.6. The quantitative estimate of drug-likeness (QED) is 0.352. The number of halogens is 1. The number of pyridine rings is 1. The third-order valence-electron chi connectivity index (χ3n) is 5.83. The van der Waals surface area contributed by atoms with Gasteiger partial charge in [0.2, 0.25) is 5.95 Å². The summed E-state index contributed by atoms with van der Waals surface area (Å²) in [5, 5.41) is 6.98. The Balaban J connectivity index is 1.66. The molecule has 4 rings (SSSR count). The molecule has 35 heavy (non-hydrogen) atoms. The summed E-state index contributed by atoms with van der Waals surface area (Å²) < 4.78 is 15.1. The average molecular weight is 472 g/mol. The van der Waals surface area contributed by atoms with Crippen molar-refractivity contribution in [2.75, 3.05) is 11.9 Å². The molecule has 4 aromatic rings. The number of hydrogen-bond donors (Lipinski definition) is 2. The van der Waals surface area contributed by atoms with Crippen molar-refractivity contribution in [1.29, 1.82) is 0 Å². The fourth-order valence-electron chi connectivity index (χ4n) is 4.12. The number of aromatic nitrogens is 3. The van der Waals surface area contributed by atoms with Crippen LogP contribution in [0.4, 0.5) is 10.3 Å². The van der Waals surface area contributed by atoms with Gasteiger partial charge in [0, 0.05) is 43.6 Å². The highest BCUT2D eigenvalue weighted by atomic mass is 19.1. The molecule has 2 heterocycles. The first kappa shape index (κ1) is 24.3. The van der Waals surface area contributed by atoms with Gasteiger partial charge in [0.15, 0.2) is 0 Å². The van der Waals surface area contributed by atoms with Crippen LogP contribution in [0, 0.1) is 5.82 Å². The van der Waals surface area contributed by atoms with Crippen LogP contribution in [0.25, 0.3) is 22.4 Å². The predicted molar refractivity (Wildman–Crippen MR) is 139 cm³/mol. The number of benzene rings is 2. The van der Waals surface area contributed by atoms with Crippen LogP contribution < -0.4 is 16.2 Å². The second kappa shape index (κ2) is 11.1. The number of anilines is 1. The minimum atomic E-state index is -0.356. The lowest BCUT2D eigenvalue weighted by atomic mass is 10.0. The molecular formula is C28H30FN5O. The van der Waals surface area contributed by atoms with Gasteiger partial charge in [0.1, 0.15) is 5.82 Å². The van der Waals surface area contributed by atoms with E-state index in [0.29, 0.717) is 35.4 Å². The third kappa shape index (κ3) is 5.81. The second-order valence-electron chi connectivity index (χ2n) is 8.77. The normalized spacial score (nSPS) is 12.0. The van der Waals surface area contributed by atoms with Crippen molar-refractivity contribution in [2.24, 2.45) is 7.05 Å². The van der Waals surface area contributed by atoms with Gasteiger partial charge in [-0.15, -0.1) is 0 Å². The van der Waals surface area contributed by atoms with E-state index in [0.717, 1.165) is 12.0 Å². The zero-order valence-corrected chi connectivity index (χ0v) is 20.2. The molecule has 6 nitrogen and oxygen atoms in total. The smallest absolute Gasteiger partial charge is 0.263 e. The molecule has 0 aliphatic carbocycles. The first-order chi connectivity index (χ1) is 16.9. The van der Waals surface area contributed by atoms with E-state index in [4.69, 9.17) is 4.98 Å². The van der Waals surface area contributed by atoms with Crippen LogP contribution in [0.15, 0.2) is 83.9 Å². The van der Waals surface area contributed by atoms with E-state index in [1.165, 1.54) is 22.3 Å². The van der Waals surface area contributed by atoms with Gasteiger partial charge < -0.3 is 10.6 Å². The summed E-state index contributed by atoms with van der Waals surface area (Å²) in [6.45, 7) is 4.87. The molecule has 7 heteroatoms. The zero-order chi connectivity index (χ0) is 24.8. The summed E-state index contributed by atoms with van der Waals surface area (Å²) in [4.78, 5) is 22.4. The van der Waals surface area contributed by atoms with E-state index in [1.807, 2.05) is 30.3 Å². The molecule has 180 valence electrons. The van der Waals surface area contributed by atoms with Gasteiger partial charge in [-0.3, -0.25) is 14.3 Å². The Kier molecular flexibility index (Phi) is 7.67. The molecule has 0 radical (unpaired) electrons. The summed E-state index contributed by atoms with van der Waals surface area (Å²) >= 11 is 0. The van der Waals surface area contributed by atoms with E-state index in [9.17, 15) is 9.18 Å². The van der Waals surface area contributed by atoms with Crippen LogP contribution in [0.3, 0.4) is 0 Å². The predicted octanol–water partition coefficient (Wildman–Crippen LogP) is 5.19. The lowest BCUT2D eigenvalue weighted by Gasteiger charge is -2.22. The summed E-state index contributed by atoms with van der Waals surface area (Å²) in [5.41, 5.74) is 3.35. The van der Waals surface area contributed by atoms with E-state index in [1.54, 1.807) is 31.6 Å². The minimum Gasteiger partial charge on any atom is -0.355 e. The first-order valence-electron chi connectivity index (χ1n) is 11.8. The largest absolute Gasteiger partial charge is 0.355 e. The number of nitrogens with zero attached hydrogens (tertiary/aromatic N) is 3. The van der Waals surface area contributed by atoms with Crippen molar-refractivity contribution >= 4 is 5.95 Å². The van der Waals surface area contributed by atoms with Gasteiger partial charge in [-0.1, -0.05) is 56.3 Å². The van der Waals surface area contributed by atoms with Gasteiger partial charge in [-0.2, -0.15) is 0 Å². The van der Waals surface area contributed by atoms with E-state index >= 15 is 0 Å². The lowest BCUT2D eigenvalue weighted by molar-refractivity contribution is 0.460. The van der Waals surface area contributed by atoms with Crippen LogP contribution in [0.1, 0.15) is 31.9 Å². The third-order valence-corrected chi connectivity index (χ3v) is 5.83. The molecule has 0 aliphatic rings. The van der Waals surface area contributed by atoms with Gasteiger partial charge in [-0.05, 0) is 41.8 Å². The van der Waals surface area contributed by atoms with Crippen LogP contribution in [-0.2, 0) is 7.05 Å². The minimum absolute atomic E-state index is 0.166. The Morgan fingerprint density at radius 3 is 2.29 bits per heavy atom. The Morgan fingerprint density at radius 1 is 0.943 bits per heavy atom. The Morgan fingerprint density at radius 2 is 1.63 bits per heavy atom. The topological polar surface area (TPSA) is 71.8 Å². The van der Waals surface area contributed by atoms with Crippen LogP contribution in [0.5, 0.6) is 0 Å². The Hall–Kier alpha value is -3.84. The van der Waals surface area contributed by atoms with Crippen molar-refractivity contribution in [3.8, 4) is 22.4 Å². The second-order valence-corrected chi connectivity index (χ2v) is 8.77. The summed E-state index contributed by atoms with van der Waals surface area (Å²) in [6.07, 6.45) is 4.14. The van der Waals surface area contributed by atoms with Crippen LogP contribution in [0.2, 0.25) is 0 Å². The van der Waals surface area contributed by atoms with E-state index in [-0.39, 0.29) is 17.4 Å². The highest BCUT2D eigenvalue weighted by molar-refractivity contribution is 5.80. The molecule has 0 saturated carbocycles. The van der Waals surface area contributed by atoms with E-state index < -0.39 is 0 Å². The first-order valence-corrected chi connectivity index (χ1v) is 11.8. The van der Waals surface area contributed by atoms with Gasteiger partial charge in [0.05, 0.1) is 11.3 Å². The maximum Gasteiger partial charge on any atom is 0.263 e. The van der Waals surface area contributed by atoms with Crippen LogP contribution >= 0.6 is 0 Å². The highest BCUT2D eigenvalue weighted by Gasteiger charge is 2.19. The maximum absolute atomic E-state index is 13.6. The molecule has 0 spiro atoms. The molecule has 0 aliphatic heterocycles. The van der Waals surface area contributed by atoms with Crippen molar-refractivity contribution in [3.05, 3.63) is 101 Å². The van der Waals surface area contributed by atoms with Gasteiger partial charge in [0.25, 0.3) is 5.56 Å². The van der Waals surface area contributed by atoms with Crippen molar-refractivity contribution in [3.63, 3.8) is 0 Å². The molecule has 0 saturated heterocycles. The number of rotatable bonds is 9. The highest BCUT2D eigenvalue weighted by Crippen LogP contribution is 2.29. The van der Waals surface area contributed by atoms with Crippen LogP contribution in [-0.4, -0.2) is 27.1 Å². The number of nitrogens with one attached hydrogen (secondary N) is 2.